The van der Waals surface area contributed by atoms with Gasteiger partial charge in [0.1, 0.15) is 12.4 Å². The molecule has 4 rings (SSSR count). The zero-order valence-electron chi connectivity index (χ0n) is 16.0. The van der Waals surface area contributed by atoms with Gasteiger partial charge in [-0.1, -0.05) is 30.3 Å². The van der Waals surface area contributed by atoms with Crippen LogP contribution in [0.4, 0.5) is 0 Å². The summed E-state index contributed by atoms with van der Waals surface area (Å²) in [5, 5.41) is 0. The van der Waals surface area contributed by atoms with Crippen molar-refractivity contribution < 1.29 is 14.3 Å². The molecule has 2 aliphatic rings. The molecular weight excluding hydrogens is 342 g/mol. The molecule has 2 aromatic rings. The van der Waals surface area contributed by atoms with E-state index in [-0.39, 0.29) is 30.2 Å². The van der Waals surface area contributed by atoms with Crippen LogP contribution in [0.15, 0.2) is 42.7 Å². The summed E-state index contributed by atoms with van der Waals surface area (Å²) in [7, 11) is 3.53. The molecule has 1 aromatic heterocycles. The fourth-order valence-corrected chi connectivity index (χ4v) is 4.70. The Kier molecular flexibility index (Phi) is 5.02. The molecule has 1 aliphatic carbocycles. The number of hydrogen-bond acceptors (Lipinski definition) is 4. The van der Waals surface area contributed by atoms with Crippen LogP contribution in [0.3, 0.4) is 0 Å². The first-order chi connectivity index (χ1) is 13.2. The van der Waals surface area contributed by atoms with Crippen molar-refractivity contribution in [3.63, 3.8) is 0 Å². The average molecular weight is 369 g/mol. The molecule has 144 valence electrons. The van der Waals surface area contributed by atoms with Crippen molar-refractivity contribution in [2.75, 3.05) is 20.8 Å². The molecule has 0 N–H and O–H groups in total. The number of aromatic nitrogens is 2. The lowest BCUT2D eigenvalue weighted by Gasteiger charge is -2.43. The SMILES string of the molecule is CO[C@H]1CC[C@@]2(OC)CCN(C(=O)Cn3ccnc3-c3ccccc3)[C@H]2C1. The first kappa shape index (κ1) is 18.2. The van der Waals surface area contributed by atoms with Gasteiger partial charge in [0, 0.05) is 38.7 Å². The average Bonchev–Trinajstić information content (AvgIpc) is 3.32. The molecule has 1 amide bonds. The molecule has 0 radical (unpaired) electrons. The molecule has 6 nitrogen and oxygen atoms in total. The van der Waals surface area contributed by atoms with Crippen LogP contribution in [-0.4, -0.2) is 58.9 Å². The van der Waals surface area contributed by atoms with E-state index in [1.54, 1.807) is 20.4 Å². The number of carbonyl (C=O) groups is 1. The van der Waals surface area contributed by atoms with Gasteiger partial charge in [-0.25, -0.2) is 4.98 Å². The predicted molar refractivity (Wildman–Crippen MR) is 102 cm³/mol. The highest BCUT2D eigenvalue weighted by Crippen LogP contribution is 2.43. The Bertz CT molecular complexity index is 791. The van der Waals surface area contributed by atoms with Crippen molar-refractivity contribution >= 4 is 5.91 Å². The third-order valence-electron chi connectivity index (χ3n) is 6.25. The molecule has 0 spiro atoms. The first-order valence-electron chi connectivity index (χ1n) is 9.61. The van der Waals surface area contributed by atoms with Crippen LogP contribution >= 0.6 is 0 Å². The lowest BCUT2D eigenvalue weighted by atomic mass is 9.79. The number of benzene rings is 1. The highest BCUT2D eigenvalue weighted by molar-refractivity contribution is 5.77. The molecule has 27 heavy (non-hydrogen) atoms. The van der Waals surface area contributed by atoms with Crippen molar-refractivity contribution in [3.05, 3.63) is 42.7 Å². The Labute approximate surface area is 160 Å². The topological polar surface area (TPSA) is 56.6 Å². The molecule has 0 bridgehead atoms. The van der Waals surface area contributed by atoms with E-state index in [2.05, 4.69) is 4.98 Å². The fraction of sp³-hybridized carbons (Fsp3) is 0.524. The summed E-state index contributed by atoms with van der Waals surface area (Å²) in [6.45, 7) is 1.03. The lowest BCUT2D eigenvalue weighted by Crippen LogP contribution is -2.53. The molecule has 1 saturated carbocycles. The van der Waals surface area contributed by atoms with Crippen LogP contribution in [0.1, 0.15) is 25.7 Å². The van der Waals surface area contributed by atoms with Crippen LogP contribution < -0.4 is 0 Å². The van der Waals surface area contributed by atoms with Gasteiger partial charge in [0.2, 0.25) is 5.91 Å². The molecule has 1 aromatic carbocycles. The number of nitrogens with zero attached hydrogens (tertiary/aromatic N) is 3. The van der Waals surface area contributed by atoms with E-state index < -0.39 is 0 Å². The number of ether oxygens (including phenoxy) is 2. The maximum atomic E-state index is 13.2. The number of rotatable bonds is 5. The molecular formula is C21H27N3O3. The van der Waals surface area contributed by atoms with Crippen LogP contribution in [0.5, 0.6) is 0 Å². The Morgan fingerprint density at radius 1 is 1.26 bits per heavy atom. The van der Waals surface area contributed by atoms with Crippen LogP contribution in [0.2, 0.25) is 0 Å². The Morgan fingerprint density at radius 3 is 2.81 bits per heavy atom. The van der Waals surface area contributed by atoms with E-state index in [0.29, 0.717) is 0 Å². The summed E-state index contributed by atoms with van der Waals surface area (Å²) in [5.74, 6) is 0.936. The van der Waals surface area contributed by atoms with Gasteiger partial charge in [-0.3, -0.25) is 4.79 Å². The Morgan fingerprint density at radius 2 is 2.07 bits per heavy atom. The minimum absolute atomic E-state index is 0.0809. The van der Waals surface area contributed by atoms with E-state index in [4.69, 9.17) is 9.47 Å². The molecule has 2 heterocycles. The molecule has 1 aliphatic heterocycles. The second kappa shape index (κ2) is 7.44. The molecule has 0 unspecified atom stereocenters. The van der Waals surface area contributed by atoms with Crippen LogP contribution in [0.25, 0.3) is 11.4 Å². The Hall–Kier alpha value is -2.18. The summed E-state index contributed by atoms with van der Waals surface area (Å²) in [6, 6.07) is 10.1. The summed E-state index contributed by atoms with van der Waals surface area (Å²) in [4.78, 5) is 19.6. The van der Waals surface area contributed by atoms with E-state index in [1.807, 2.05) is 46.0 Å². The van der Waals surface area contributed by atoms with Crippen molar-refractivity contribution in [3.8, 4) is 11.4 Å². The Balaban J connectivity index is 1.53. The van der Waals surface area contributed by atoms with Crippen molar-refractivity contribution in [1.29, 1.82) is 0 Å². The third kappa shape index (κ3) is 3.28. The monoisotopic (exact) mass is 369 g/mol. The standard InChI is InChI=1S/C21H27N3O3/c1-26-17-8-9-21(27-2)10-12-24(18(21)14-17)19(25)15-23-13-11-22-20(23)16-6-4-3-5-7-16/h3-7,11,13,17-18H,8-10,12,14-15H2,1-2H3/t17-,18-,21+/m0/s1. The molecule has 1 saturated heterocycles. The van der Waals surface area contributed by atoms with E-state index >= 15 is 0 Å². The van der Waals surface area contributed by atoms with Gasteiger partial charge in [0.15, 0.2) is 0 Å². The van der Waals surface area contributed by atoms with Gasteiger partial charge in [-0.2, -0.15) is 0 Å². The number of carbonyl (C=O) groups excluding carboxylic acids is 1. The molecule has 2 fully saturated rings. The first-order valence-corrected chi connectivity index (χ1v) is 9.61. The van der Waals surface area contributed by atoms with Gasteiger partial charge in [-0.15, -0.1) is 0 Å². The smallest absolute Gasteiger partial charge is 0.242 e. The van der Waals surface area contributed by atoms with Crippen molar-refractivity contribution in [1.82, 2.24) is 14.5 Å². The number of imidazole rings is 1. The van der Waals surface area contributed by atoms with E-state index in [1.165, 1.54) is 0 Å². The van der Waals surface area contributed by atoms with Crippen LogP contribution in [-0.2, 0) is 20.8 Å². The lowest BCUT2D eigenvalue weighted by molar-refractivity contribution is -0.141. The zero-order chi connectivity index (χ0) is 18.9. The number of likely N-dealkylation sites (tertiary alicyclic amines) is 1. The summed E-state index contributed by atoms with van der Waals surface area (Å²) < 4.78 is 13.5. The van der Waals surface area contributed by atoms with Gasteiger partial charge in [0.25, 0.3) is 0 Å². The quantitative estimate of drug-likeness (QED) is 0.813. The number of amides is 1. The minimum Gasteiger partial charge on any atom is -0.381 e. The summed E-state index contributed by atoms with van der Waals surface area (Å²) >= 11 is 0. The maximum absolute atomic E-state index is 13.2. The zero-order valence-corrected chi connectivity index (χ0v) is 16.0. The van der Waals surface area contributed by atoms with Crippen molar-refractivity contribution in [2.45, 2.75) is 50.0 Å². The largest absolute Gasteiger partial charge is 0.381 e. The number of methoxy groups -OCH3 is 2. The highest BCUT2D eigenvalue weighted by Gasteiger charge is 2.52. The second-order valence-corrected chi connectivity index (χ2v) is 7.50. The number of hydrogen-bond donors (Lipinski definition) is 0. The van der Waals surface area contributed by atoms with Crippen molar-refractivity contribution in [2.24, 2.45) is 0 Å². The maximum Gasteiger partial charge on any atom is 0.242 e. The molecule has 6 heteroatoms. The van der Waals surface area contributed by atoms with E-state index in [0.717, 1.165) is 43.6 Å². The second-order valence-electron chi connectivity index (χ2n) is 7.50. The third-order valence-corrected chi connectivity index (χ3v) is 6.25. The number of fused-ring (bicyclic) bond motifs is 1. The van der Waals surface area contributed by atoms with Gasteiger partial charge in [-0.05, 0) is 25.7 Å². The van der Waals surface area contributed by atoms with Gasteiger partial charge >= 0.3 is 0 Å². The normalized spacial score (nSPS) is 27.6. The van der Waals surface area contributed by atoms with E-state index in [9.17, 15) is 4.79 Å². The van der Waals surface area contributed by atoms with Gasteiger partial charge < -0.3 is 18.9 Å². The summed E-state index contributed by atoms with van der Waals surface area (Å²) in [5.41, 5.74) is 0.794. The molecule has 3 atom stereocenters. The highest BCUT2D eigenvalue weighted by atomic mass is 16.5. The van der Waals surface area contributed by atoms with Crippen LogP contribution in [0, 0.1) is 0 Å². The summed E-state index contributed by atoms with van der Waals surface area (Å²) in [6.07, 6.45) is 7.48. The predicted octanol–water partition coefficient (Wildman–Crippen LogP) is 2.74. The minimum atomic E-state index is -0.220. The fourth-order valence-electron chi connectivity index (χ4n) is 4.70. The van der Waals surface area contributed by atoms with Gasteiger partial charge in [0.05, 0.1) is 17.7 Å².